The van der Waals surface area contributed by atoms with E-state index in [0.29, 0.717) is 11.0 Å². The Labute approximate surface area is 122 Å². The molecule has 0 saturated heterocycles. The van der Waals surface area contributed by atoms with Crippen molar-refractivity contribution in [1.29, 1.82) is 0 Å². The van der Waals surface area contributed by atoms with Crippen LogP contribution in [-0.4, -0.2) is 46.9 Å². The Balaban J connectivity index is 2.49. The Bertz CT molecular complexity index is 752. The number of nitrogens with zero attached hydrogens (tertiary/aromatic N) is 2. The van der Waals surface area contributed by atoms with Gasteiger partial charge in [-0.2, -0.15) is 4.31 Å². The van der Waals surface area contributed by atoms with Crippen molar-refractivity contribution in [2.24, 2.45) is 5.92 Å². The fraction of sp³-hybridized carbons (Fsp3) is 0.385. The monoisotopic (exact) mass is 311 g/mol. The first-order valence-electron chi connectivity index (χ1n) is 6.46. The zero-order valence-electron chi connectivity index (χ0n) is 11.8. The molecule has 0 spiro atoms. The van der Waals surface area contributed by atoms with Crippen molar-refractivity contribution in [3.8, 4) is 0 Å². The van der Waals surface area contributed by atoms with E-state index in [1.807, 2.05) is 13.8 Å². The molecule has 0 saturated carbocycles. The first-order valence-corrected chi connectivity index (χ1v) is 7.90. The molecular weight excluding hydrogens is 294 g/mol. The number of aliphatic carboxylic acids is 1. The Hall–Kier alpha value is -1.93. The predicted molar refractivity (Wildman–Crippen MR) is 77.3 cm³/mol. The van der Waals surface area contributed by atoms with Gasteiger partial charge < -0.3 is 10.1 Å². The molecule has 7 nitrogen and oxygen atoms in total. The molecule has 0 bridgehead atoms. The van der Waals surface area contributed by atoms with E-state index in [0.717, 1.165) is 4.31 Å². The molecule has 2 heterocycles. The zero-order chi connectivity index (χ0) is 15.6. The SMILES string of the molecule is CC(C)CN(CC(=O)O)S(=O)(=O)c1c[nH]c2ncccc12. The van der Waals surface area contributed by atoms with Crippen molar-refractivity contribution in [2.75, 3.05) is 13.1 Å². The average molecular weight is 311 g/mol. The lowest BCUT2D eigenvalue weighted by molar-refractivity contribution is -0.137. The summed E-state index contributed by atoms with van der Waals surface area (Å²) in [6.45, 7) is 3.25. The van der Waals surface area contributed by atoms with E-state index in [1.54, 1.807) is 18.3 Å². The van der Waals surface area contributed by atoms with Gasteiger partial charge in [-0.15, -0.1) is 0 Å². The molecule has 0 radical (unpaired) electrons. The number of carbonyl (C=O) groups is 1. The maximum Gasteiger partial charge on any atom is 0.318 e. The van der Waals surface area contributed by atoms with E-state index in [9.17, 15) is 13.2 Å². The summed E-state index contributed by atoms with van der Waals surface area (Å²) < 4.78 is 26.4. The Morgan fingerprint density at radius 2 is 2.19 bits per heavy atom. The van der Waals surface area contributed by atoms with Crippen molar-refractivity contribution in [1.82, 2.24) is 14.3 Å². The first kappa shape index (κ1) is 15.5. The maximum atomic E-state index is 12.7. The summed E-state index contributed by atoms with van der Waals surface area (Å²) in [6.07, 6.45) is 2.90. The van der Waals surface area contributed by atoms with Crippen molar-refractivity contribution in [3.63, 3.8) is 0 Å². The van der Waals surface area contributed by atoms with E-state index in [2.05, 4.69) is 9.97 Å². The van der Waals surface area contributed by atoms with Gasteiger partial charge in [0.15, 0.2) is 0 Å². The van der Waals surface area contributed by atoms with Gasteiger partial charge in [-0.1, -0.05) is 13.8 Å². The van der Waals surface area contributed by atoms with Crippen molar-refractivity contribution in [2.45, 2.75) is 18.7 Å². The third kappa shape index (κ3) is 3.22. The van der Waals surface area contributed by atoms with Crippen LogP contribution in [0.25, 0.3) is 11.0 Å². The van der Waals surface area contributed by atoms with Gasteiger partial charge in [0.05, 0.1) is 0 Å². The molecule has 0 aliphatic carbocycles. The largest absolute Gasteiger partial charge is 0.480 e. The summed E-state index contributed by atoms with van der Waals surface area (Å²) in [6, 6.07) is 3.28. The minimum Gasteiger partial charge on any atom is -0.480 e. The fourth-order valence-electron chi connectivity index (χ4n) is 2.09. The number of pyridine rings is 1. The number of fused-ring (bicyclic) bond motifs is 1. The van der Waals surface area contributed by atoms with Gasteiger partial charge in [0.1, 0.15) is 17.1 Å². The lowest BCUT2D eigenvalue weighted by atomic mass is 10.2. The normalized spacial score (nSPS) is 12.4. The van der Waals surface area contributed by atoms with Gasteiger partial charge in [0.25, 0.3) is 0 Å². The molecular formula is C13H17N3O4S. The molecule has 21 heavy (non-hydrogen) atoms. The number of carboxylic acids is 1. The molecule has 0 amide bonds. The smallest absolute Gasteiger partial charge is 0.318 e. The van der Waals surface area contributed by atoms with Gasteiger partial charge in [0, 0.05) is 24.3 Å². The maximum absolute atomic E-state index is 12.7. The van der Waals surface area contributed by atoms with Crippen LogP contribution >= 0.6 is 0 Å². The number of hydrogen-bond acceptors (Lipinski definition) is 4. The summed E-state index contributed by atoms with van der Waals surface area (Å²) in [5, 5.41) is 9.40. The number of sulfonamides is 1. The second-order valence-corrected chi connectivity index (χ2v) is 7.04. The van der Waals surface area contributed by atoms with Gasteiger partial charge in [-0.3, -0.25) is 4.79 Å². The lowest BCUT2D eigenvalue weighted by Crippen LogP contribution is -2.38. The molecule has 0 aliphatic heterocycles. The number of rotatable bonds is 6. The second kappa shape index (κ2) is 5.82. The van der Waals surface area contributed by atoms with Crippen LogP contribution in [0.15, 0.2) is 29.4 Å². The summed E-state index contributed by atoms with van der Waals surface area (Å²) in [7, 11) is -3.89. The van der Waals surface area contributed by atoms with Crippen molar-refractivity contribution >= 4 is 27.0 Å². The first-order chi connectivity index (χ1) is 9.82. The highest BCUT2D eigenvalue weighted by Crippen LogP contribution is 2.24. The number of aromatic amines is 1. The van der Waals surface area contributed by atoms with Crippen molar-refractivity contribution in [3.05, 3.63) is 24.5 Å². The van der Waals surface area contributed by atoms with E-state index in [-0.39, 0.29) is 17.4 Å². The van der Waals surface area contributed by atoms with Crippen LogP contribution in [0.5, 0.6) is 0 Å². The highest BCUT2D eigenvalue weighted by Gasteiger charge is 2.29. The van der Waals surface area contributed by atoms with Crippen LogP contribution in [0.3, 0.4) is 0 Å². The molecule has 8 heteroatoms. The van der Waals surface area contributed by atoms with Crippen LogP contribution in [-0.2, 0) is 14.8 Å². The van der Waals surface area contributed by atoms with Gasteiger partial charge in [-0.05, 0) is 18.1 Å². The van der Waals surface area contributed by atoms with Crippen LogP contribution in [0.2, 0.25) is 0 Å². The quantitative estimate of drug-likeness (QED) is 0.836. The number of hydrogen-bond donors (Lipinski definition) is 2. The van der Waals surface area contributed by atoms with Gasteiger partial charge in [0.2, 0.25) is 10.0 Å². The molecule has 114 valence electrons. The lowest BCUT2D eigenvalue weighted by Gasteiger charge is -2.21. The molecule has 0 unspecified atom stereocenters. The highest BCUT2D eigenvalue weighted by atomic mass is 32.2. The van der Waals surface area contributed by atoms with Gasteiger partial charge >= 0.3 is 5.97 Å². The summed E-state index contributed by atoms with van der Waals surface area (Å²) in [4.78, 5) is 17.8. The molecule has 0 atom stereocenters. The molecule has 2 rings (SSSR count). The average Bonchev–Trinajstić information content (AvgIpc) is 2.81. The van der Waals surface area contributed by atoms with Crippen LogP contribution < -0.4 is 0 Å². The van der Waals surface area contributed by atoms with E-state index in [1.165, 1.54) is 6.20 Å². The highest BCUT2D eigenvalue weighted by molar-refractivity contribution is 7.89. The number of H-pyrrole nitrogens is 1. The zero-order valence-corrected chi connectivity index (χ0v) is 12.6. The molecule has 2 N–H and O–H groups in total. The van der Waals surface area contributed by atoms with Crippen LogP contribution in [0.1, 0.15) is 13.8 Å². The Kier molecular flexibility index (Phi) is 4.29. The second-order valence-electron chi connectivity index (χ2n) is 5.14. The molecule has 0 fully saturated rings. The van der Waals surface area contributed by atoms with Gasteiger partial charge in [-0.25, -0.2) is 13.4 Å². The van der Waals surface area contributed by atoms with E-state index < -0.39 is 22.5 Å². The van der Waals surface area contributed by atoms with Crippen LogP contribution in [0, 0.1) is 5.92 Å². The summed E-state index contributed by atoms with van der Waals surface area (Å²) in [5.41, 5.74) is 0.455. The topological polar surface area (TPSA) is 103 Å². The van der Waals surface area contributed by atoms with E-state index >= 15 is 0 Å². The minimum absolute atomic E-state index is 0.0162. The summed E-state index contributed by atoms with van der Waals surface area (Å²) >= 11 is 0. The summed E-state index contributed by atoms with van der Waals surface area (Å²) in [5.74, 6) is -1.17. The molecule has 2 aromatic heterocycles. The third-order valence-corrected chi connectivity index (χ3v) is 4.76. The van der Waals surface area contributed by atoms with Crippen LogP contribution in [0.4, 0.5) is 0 Å². The Morgan fingerprint density at radius 3 is 2.81 bits per heavy atom. The van der Waals surface area contributed by atoms with Crippen molar-refractivity contribution < 1.29 is 18.3 Å². The molecule has 0 aromatic carbocycles. The number of nitrogens with one attached hydrogen (secondary N) is 1. The molecule has 2 aromatic rings. The molecule has 0 aliphatic rings. The number of aromatic nitrogens is 2. The Morgan fingerprint density at radius 1 is 1.48 bits per heavy atom. The standard InChI is InChI=1S/C13H17N3O4S/c1-9(2)7-16(8-12(17)18)21(19,20)11-6-15-13-10(11)4-3-5-14-13/h3-6,9H,7-8H2,1-2H3,(H,14,15)(H,17,18). The predicted octanol–water partition coefficient (Wildman–Crippen LogP) is 1.29. The third-order valence-electron chi connectivity index (χ3n) is 2.91. The fourth-order valence-corrected chi connectivity index (χ4v) is 3.79. The van der Waals surface area contributed by atoms with E-state index in [4.69, 9.17) is 5.11 Å². The number of carboxylic acid groups (broad SMARTS) is 1. The minimum atomic E-state index is -3.89.